The summed E-state index contributed by atoms with van der Waals surface area (Å²) in [5, 5.41) is 6.42. The van der Waals surface area contributed by atoms with Gasteiger partial charge in [-0.1, -0.05) is 13.0 Å². The number of carbonyl (C=O) groups is 3. The molecule has 1 aromatic carbocycles. The van der Waals surface area contributed by atoms with E-state index in [1.54, 1.807) is 18.2 Å². The second-order valence-electron chi connectivity index (χ2n) is 5.48. The molecule has 9 nitrogen and oxygen atoms in total. The van der Waals surface area contributed by atoms with Crippen LogP contribution >= 0.6 is 0 Å². The molecule has 0 atom stereocenters. The number of aromatic nitrogens is 2. The average Bonchev–Trinajstić information content (AvgIpc) is 2.67. The first kappa shape index (κ1) is 19.8. The molecule has 2 rings (SSSR count). The molecule has 142 valence electrons. The van der Waals surface area contributed by atoms with Gasteiger partial charge in [0.15, 0.2) is 12.3 Å². The van der Waals surface area contributed by atoms with E-state index >= 15 is 0 Å². The molecule has 1 amide bonds. The minimum absolute atomic E-state index is 0.0662. The van der Waals surface area contributed by atoms with Crippen LogP contribution in [0, 0.1) is 0 Å². The van der Waals surface area contributed by atoms with Crippen molar-refractivity contribution in [2.75, 3.05) is 19.0 Å². The van der Waals surface area contributed by atoms with Crippen LogP contribution in [-0.2, 0) is 20.8 Å². The number of hydrogen-bond acceptors (Lipinski definition) is 7. The summed E-state index contributed by atoms with van der Waals surface area (Å²) in [4.78, 5) is 47.0. The van der Waals surface area contributed by atoms with Crippen LogP contribution in [-0.4, -0.2) is 41.3 Å². The van der Waals surface area contributed by atoms with Crippen molar-refractivity contribution in [3.63, 3.8) is 0 Å². The molecular formula is C18H19N3O6. The first-order valence-corrected chi connectivity index (χ1v) is 8.18. The Hall–Kier alpha value is -3.49. The van der Waals surface area contributed by atoms with E-state index in [1.165, 1.54) is 25.3 Å². The van der Waals surface area contributed by atoms with Crippen LogP contribution < -0.4 is 10.9 Å². The number of ether oxygens (including phenoxy) is 2. The zero-order valence-electron chi connectivity index (χ0n) is 14.9. The van der Waals surface area contributed by atoms with Gasteiger partial charge < -0.3 is 14.8 Å². The highest BCUT2D eigenvalue weighted by atomic mass is 16.5. The van der Waals surface area contributed by atoms with E-state index in [-0.39, 0.29) is 16.8 Å². The van der Waals surface area contributed by atoms with E-state index < -0.39 is 24.5 Å². The number of benzene rings is 1. The third-order valence-corrected chi connectivity index (χ3v) is 3.41. The Labute approximate surface area is 154 Å². The Morgan fingerprint density at radius 2 is 1.93 bits per heavy atom. The van der Waals surface area contributed by atoms with Crippen LogP contribution in [0.25, 0.3) is 0 Å². The van der Waals surface area contributed by atoms with Crippen molar-refractivity contribution in [3.05, 3.63) is 58.0 Å². The third-order valence-electron chi connectivity index (χ3n) is 3.41. The monoisotopic (exact) mass is 373 g/mol. The largest absolute Gasteiger partial charge is 0.465 e. The van der Waals surface area contributed by atoms with E-state index in [0.717, 1.165) is 4.68 Å². The average molecular weight is 373 g/mol. The number of nitrogens with zero attached hydrogens (tertiary/aromatic N) is 2. The molecule has 0 spiro atoms. The molecule has 0 saturated carbocycles. The van der Waals surface area contributed by atoms with Gasteiger partial charge in [-0.2, -0.15) is 5.10 Å². The van der Waals surface area contributed by atoms with Gasteiger partial charge in [0.05, 0.1) is 12.7 Å². The van der Waals surface area contributed by atoms with Crippen LogP contribution in [0.3, 0.4) is 0 Å². The van der Waals surface area contributed by atoms with Crippen molar-refractivity contribution in [2.24, 2.45) is 0 Å². The lowest BCUT2D eigenvalue weighted by molar-refractivity contribution is -0.119. The number of methoxy groups -OCH3 is 1. The van der Waals surface area contributed by atoms with Gasteiger partial charge in [0.2, 0.25) is 0 Å². The lowest BCUT2D eigenvalue weighted by Crippen LogP contribution is -2.26. The normalized spacial score (nSPS) is 10.1. The van der Waals surface area contributed by atoms with E-state index in [1.807, 2.05) is 6.92 Å². The first-order valence-electron chi connectivity index (χ1n) is 8.18. The maximum absolute atomic E-state index is 12.0. The van der Waals surface area contributed by atoms with Crippen molar-refractivity contribution in [1.82, 2.24) is 9.78 Å². The van der Waals surface area contributed by atoms with Crippen LogP contribution in [0.1, 0.15) is 34.2 Å². The van der Waals surface area contributed by atoms with E-state index in [9.17, 15) is 19.2 Å². The zero-order valence-corrected chi connectivity index (χ0v) is 14.9. The SMILES string of the molecule is CCCn1nc(C(=O)OCC(=O)Nc2cccc(C(=O)OC)c2)ccc1=O. The minimum Gasteiger partial charge on any atom is -0.465 e. The summed E-state index contributed by atoms with van der Waals surface area (Å²) in [7, 11) is 1.25. The number of carbonyl (C=O) groups excluding carboxylic acids is 3. The van der Waals surface area contributed by atoms with Crippen LogP contribution in [0.4, 0.5) is 5.69 Å². The summed E-state index contributed by atoms with van der Waals surface area (Å²) in [6, 6.07) is 8.60. The van der Waals surface area contributed by atoms with Gasteiger partial charge in [-0.3, -0.25) is 9.59 Å². The fraction of sp³-hybridized carbons (Fsp3) is 0.278. The number of hydrogen-bond donors (Lipinski definition) is 1. The fourth-order valence-corrected chi connectivity index (χ4v) is 2.17. The Balaban J connectivity index is 1.95. The molecule has 0 aliphatic carbocycles. The van der Waals surface area contributed by atoms with E-state index in [0.29, 0.717) is 18.7 Å². The van der Waals surface area contributed by atoms with Gasteiger partial charge in [0.25, 0.3) is 11.5 Å². The van der Waals surface area contributed by atoms with Crippen LogP contribution in [0.15, 0.2) is 41.2 Å². The fourth-order valence-electron chi connectivity index (χ4n) is 2.17. The zero-order chi connectivity index (χ0) is 19.8. The molecule has 0 aliphatic rings. The van der Waals surface area contributed by atoms with E-state index in [4.69, 9.17) is 4.74 Å². The smallest absolute Gasteiger partial charge is 0.359 e. The second-order valence-corrected chi connectivity index (χ2v) is 5.48. The molecule has 0 aliphatic heterocycles. The molecule has 2 aromatic rings. The van der Waals surface area contributed by atoms with Gasteiger partial charge in [0.1, 0.15) is 0 Å². The summed E-state index contributed by atoms with van der Waals surface area (Å²) in [5.41, 5.74) is 0.239. The number of esters is 2. The Morgan fingerprint density at radius 3 is 2.63 bits per heavy atom. The van der Waals surface area contributed by atoms with Gasteiger partial charge >= 0.3 is 11.9 Å². The number of rotatable bonds is 7. The van der Waals surface area contributed by atoms with Crippen molar-refractivity contribution in [2.45, 2.75) is 19.9 Å². The van der Waals surface area contributed by atoms with Gasteiger partial charge in [-0.15, -0.1) is 0 Å². The van der Waals surface area contributed by atoms with Crippen LogP contribution in [0.5, 0.6) is 0 Å². The van der Waals surface area contributed by atoms with Crippen molar-refractivity contribution < 1.29 is 23.9 Å². The van der Waals surface area contributed by atoms with Gasteiger partial charge in [-0.25, -0.2) is 14.3 Å². The number of anilines is 1. The second kappa shape index (κ2) is 9.27. The Bertz CT molecular complexity index is 906. The third kappa shape index (κ3) is 5.50. The molecule has 0 bridgehead atoms. The lowest BCUT2D eigenvalue weighted by Gasteiger charge is -2.08. The van der Waals surface area contributed by atoms with Crippen molar-refractivity contribution in [3.8, 4) is 0 Å². The summed E-state index contributed by atoms with van der Waals surface area (Å²) >= 11 is 0. The minimum atomic E-state index is -0.821. The van der Waals surface area contributed by atoms with Gasteiger partial charge in [0, 0.05) is 18.3 Å². The molecule has 0 saturated heterocycles. The number of nitrogens with one attached hydrogen (secondary N) is 1. The first-order chi connectivity index (χ1) is 12.9. The highest BCUT2D eigenvalue weighted by Gasteiger charge is 2.14. The predicted molar refractivity (Wildman–Crippen MR) is 95.5 cm³/mol. The molecule has 27 heavy (non-hydrogen) atoms. The molecule has 9 heteroatoms. The highest BCUT2D eigenvalue weighted by molar-refractivity contribution is 5.96. The maximum Gasteiger partial charge on any atom is 0.359 e. The quantitative estimate of drug-likeness (QED) is 0.726. The Morgan fingerprint density at radius 1 is 1.15 bits per heavy atom. The lowest BCUT2D eigenvalue weighted by atomic mass is 10.2. The number of amides is 1. The molecule has 1 heterocycles. The highest BCUT2D eigenvalue weighted by Crippen LogP contribution is 2.11. The maximum atomic E-state index is 12.0. The summed E-state index contributed by atoms with van der Waals surface area (Å²) in [6.45, 7) is 1.70. The number of aryl methyl sites for hydroxylation is 1. The standard InChI is InChI=1S/C18H19N3O6/c1-3-9-21-16(23)8-7-14(20-21)18(25)27-11-15(22)19-13-6-4-5-12(10-13)17(24)26-2/h4-8,10H,3,9,11H2,1-2H3,(H,19,22). The molecule has 0 unspecified atom stereocenters. The summed E-state index contributed by atoms with van der Waals surface area (Å²) in [5.74, 6) is -1.95. The van der Waals surface area contributed by atoms with Crippen LogP contribution in [0.2, 0.25) is 0 Å². The Kier molecular flexibility index (Phi) is 6.81. The van der Waals surface area contributed by atoms with E-state index in [2.05, 4.69) is 15.2 Å². The molecule has 1 N–H and O–H groups in total. The molecule has 1 aromatic heterocycles. The van der Waals surface area contributed by atoms with Crippen molar-refractivity contribution in [1.29, 1.82) is 0 Å². The predicted octanol–water partition coefficient (Wildman–Crippen LogP) is 1.24. The topological polar surface area (TPSA) is 117 Å². The summed E-state index contributed by atoms with van der Waals surface area (Å²) < 4.78 is 10.7. The molecular weight excluding hydrogens is 354 g/mol. The van der Waals surface area contributed by atoms with Gasteiger partial charge in [-0.05, 0) is 30.7 Å². The molecule has 0 radical (unpaired) electrons. The molecule has 0 fully saturated rings. The summed E-state index contributed by atoms with van der Waals surface area (Å²) in [6.07, 6.45) is 0.679. The van der Waals surface area contributed by atoms with Crippen molar-refractivity contribution >= 4 is 23.5 Å².